The number of aromatic amines is 2. The second-order valence-electron chi connectivity index (χ2n) is 8.34. The molecule has 0 bridgehead atoms. The van der Waals surface area contributed by atoms with E-state index in [2.05, 4.69) is 30.2 Å². The molecule has 0 fully saturated rings. The number of aromatic nitrogens is 4. The third-order valence-corrected chi connectivity index (χ3v) is 5.68. The molecule has 2 aromatic heterocycles. The number of hydrogen-bond acceptors (Lipinski definition) is 7. The fraction of sp³-hybridized carbons (Fsp3) is 0.292. The Morgan fingerprint density at radius 1 is 0.917 bits per heavy atom. The molecule has 9 nitrogen and oxygen atoms in total. The maximum absolute atomic E-state index is 14.9. The van der Waals surface area contributed by atoms with Crippen LogP contribution in [0.5, 0.6) is 0 Å². The predicted octanol–water partition coefficient (Wildman–Crippen LogP) is 2.97. The van der Waals surface area contributed by atoms with Gasteiger partial charge in [0, 0.05) is 30.4 Å². The van der Waals surface area contributed by atoms with Crippen molar-refractivity contribution < 1.29 is 13.2 Å². The number of halogens is 3. The van der Waals surface area contributed by atoms with Crippen molar-refractivity contribution >= 4 is 22.9 Å². The zero-order valence-corrected chi connectivity index (χ0v) is 19.5. The summed E-state index contributed by atoms with van der Waals surface area (Å²) < 4.78 is 41.7. The Morgan fingerprint density at radius 2 is 1.64 bits per heavy atom. The molecule has 0 spiro atoms. The number of H-pyrrole nitrogens is 2. The van der Waals surface area contributed by atoms with Gasteiger partial charge in [0.25, 0.3) is 5.56 Å². The van der Waals surface area contributed by atoms with Gasteiger partial charge < -0.3 is 16.5 Å². The van der Waals surface area contributed by atoms with Gasteiger partial charge in [-0.25, -0.2) is 23.1 Å². The first-order valence-electron chi connectivity index (χ1n) is 11.5. The maximum atomic E-state index is 14.9. The van der Waals surface area contributed by atoms with E-state index in [0.29, 0.717) is 30.8 Å². The molecule has 12 heteroatoms. The molecule has 0 atom stereocenters. The molecule has 0 aliphatic rings. The minimum Gasteiger partial charge on any atom is -0.330 e. The van der Waals surface area contributed by atoms with Gasteiger partial charge in [-0.3, -0.25) is 20.0 Å². The highest BCUT2D eigenvalue weighted by Gasteiger charge is 2.14. The van der Waals surface area contributed by atoms with Gasteiger partial charge in [-0.15, -0.1) is 0 Å². The highest BCUT2D eigenvalue weighted by molar-refractivity contribution is 5.78. The molecule has 0 amide bonds. The molecule has 0 unspecified atom stereocenters. The molecule has 0 aliphatic carbocycles. The van der Waals surface area contributed by atoms with Crippen LogP contribution >= 0.6 is 0 Å². The third-order valence-electron chi connectivity index (χ3n) is 5.68. The molecule has 190 valence electrons. The van der Waals surface area contributed by atoms with Crippen molar-refractivity contribution in [2.45, 2.75) is 19.4 Å². The minimum atomic E-state index is -1.02. The number of hydrogen-bond donors (Lipinski definition) is 5. The molecular formula is C24H27F3N8O. The van der Waals surface area contributed by atoms with Crippen LogP contribution < -0.4 is 22.3 Å². The Hall–Kier alpha value is -3.74. The molecule has 4 rings (SSSR count). The lowest BCUT2D eigenvalue weighted by Gasteiger charge is -2.22. The van der Waals surface area contributed by atoms with Crippen LogP contribution in [0, 0.1) is 17.5 Å². The van der Waals surface area contributed by atoms with E-state index in [1.165, 1.54) is 12.3 Å². The molecular weight excluding hydrogens is 473 g/mol. The molecule has 2 aromatic carbocycles. The lowest BCUT2D eigenvalue weighted by molar-refractivity contribution is 0.258. The first kappa shape index (κ1) is 25.4. The minimum absolute atomic E-state index is 0.0521. The summed E-state index contributed by atoms with van der Waals surface area (Å²) in [6.07, 6.45) is 2.91. The molecule has 0 saturated carbocycles. The van der Waals surface area contributed by atoms with Crippen molar-refractivity contribution in [1.82, 2.24) is 24.8 Å². The van der Waals surface area contributed by atoms with Gasteiger partial charge in [0.1, 0.15) is 5.82 Å². The van der Waals surface area contributed by atoms with Crippen molar-refractivity contribution in [2.75, 3.05) is 31.5 Å². The summed E-state index contributed by atoms with van der Waals surface area (Å²) >= 11 is 0. The summed E-state index contributed by atoms with van der Waals surface area (Å²) in [5, 5.41) is 2.75. The fourth-order valence-electron chi connectivity index (χ4n) is 3.82. The van der Waals surface area contributed by atoms with Crippen LogP contribution in [0.1, 0.15) is 18.4 Å². The van der Waals surface area contributed by atoms with Gasteiger partial charge in [-0.1, -0.05) is 12.1 Å². The Kier molecular flexibility index (Phi) is 7.98. The Balaban J connectivity index is 1.50. The molecule has 2 heterocycles. The van der Waals surface area contributed by atoms with Crippen LogP contribution in [-0.2, 0) is 6.54 Å². The molecule has 0 radical (unpaired) electrons. The van der Waals surface area contributed by atoms with E-state index in [-0.39, 0.29) is 28.5 Å². The summed E-state index contributed by atoms with van der Waals surface area (Å²) in [6.45, 7) is 2.99. The van der Waals surface area contributed by atoms with E-state index in [0.717, 1.165) is 38.1 Å². The van der Waals surface area contributed by atoms with E-state index in [1.807, 2.05) is 0 Å². The summed E-state index contributed by atoms with van der Waals surface area (Å²) in [6, 6.07) is 6.57. The average molecular weight is 501 g/mol. The van der Waals surface area contributed by atoms with Crippen LogP contribution in [0.3, 0.4) is 0 Å². The van der Waals surface area contributed by atoms with Crippen LogP contribution in [0.25, 0.3) is 22.2 Å². The summed E-state index contributed by atoms with van der Waals surface area (Å²) in [5.41, 5.74) is 12.3. The Labute approximate surface area is 204 Å². The number of rotatable bonds is 11. The van der Waals surface area contributed by atoms with Gasteiger partial charge in [0.15, 0.2) is 11.6 Å². The van der Waals surface area contributed by atoms with Crippen LogP contribution in [0.2, 0.25) is 0 Å². The first-order chi connectivity index (χ1) is 17.4. The topological polar surface area (TPSA) is 142 Å². The van der Waals surface area contributed by atoms with Crippen molar-refractivity contribution in [3.8, 4) is 11.1 Å². The van der Waals surface area contributed by atoms with Gasteiger partial charge in [0.05, 0.1) is 16.6 Å². The number of nitrogens with one attached hydrogen (secondary N) is 3. The van der Waals surface area contributed by atoms with Gasteiger partial charge in [0.2, 0.25) is 11.9 Å². The molecule has 36 heavy (non-hydrogen) atoms. The SMILES string of the molecule is NCCCN(CCCN)Cc1ccc(-c2cnc(Nc3nc4cc(F)c(F)cc4[nH]3)[nH]c2=O)cc1F. The average Bonchev–Trinajstić information content (AvgIpc) is 3.22. The Morgan fingerprint density at radius 3 is 2.31 bits per heavy atom. The lowest BCUT2D eigenvalue weighted by atomic mass is 10.1. The number of nitrogens with zero attached hydrogens (tertiary/aromatic N) is 3. The molecule has 0 aliphatic heterocycles. The summed E-state index contributed by atoms with van der Waals surface area (Å²) in [4.78, 5) is 28.4. The summed E-state index contributed by atoms with van der Waals surface area (Å²) in [5.74, 6) is -2.27. The predicted molar refractivity (Wildman–Crippen MR) is 132 cm³/mol. The highest BCUT2D eigenvalue weighted by Crippen LogP contribution is 2.22. The molecule has 7 N–H and O–H groups in total. The second-order valence-corrected chi connectivity index (χ2v) is 8.34. The number of benzene rings is 2. The monoisotopic (exact) mass is 500 g/mol. The molecule has 0 saturated heterocycles. The second kappa shape index (κ2) is 11.3. The van der Waals surface area contributed by atoms with Crippen molar-refractivity contribution in [3.05, 3.63) is 69.9 Å². The van der Waals surface area contributed by atoms with Crippen molar-refractivity contribution in [3.63, 3.8) is 0 Å². The fourth-order valence-corrected chi connectivity index (χ4v) is 3.82. The van der Waals surface area contributed by atoms with E-state index < -0.39 is 23.0 Å². The van der Waals surface area contributed by atoms with E-state index >= 15 is 0 Å². The number of anilines is 2. The number of nitrogens with two attached hydrogens (primary N) is 2. The van der Waals surface area contributed by atoms with Gasteiger partial charge in [-0.05, 0) is 50.7 Å². The maximum Gasteiger partial charge on any atom is 0.260 e. The van der Waals surface area contributed by atoms with E-state index in [1.54, 1.807) is 12.1 Å². The highest BCUT2D eigenvalue weighted by atomic mass is 19.2. The third kappa shape index (κ3) is 5.90. The Bertz CT molecular complexity index is 1360. The molecule has 4 aromatic rings. The number of fused-ring (bicyclic) bond motifs is 1. The van der Waals surface area contributed by atoms with Crippen LogP contribution in [0.15, 0.2) is 41.3 Å². The van der Waals surface area contributed by atoms with Crippen molar-refractivity contribution in [1.29, 1.82) is 0 Å². The lowest BCUT2D eigenvalue weighted by Crippen LogP contribution is -2.28. The standard InChI is InChI=1S/C24H27F3N8O/c25-17-9-14(3-4-15(17)13-35(7-1-5-28)8-2-6-29)16-12-30-23(33-22(16)36)34-24-31-20-10-18(26)19(27)11-21(20)32-24/h3-4,9-12H,1-2,5-8,13,28-29H2,(H3,30,31,32,33,34,36). The summed E-state index contributed by atoms with van der Waals surface area (Å²) in [7, 11) is 0. The van der Waals surface area contributed by atoms with E-state index in [9.17, 15) is 18.0 Å². The van der Waals surface area contributed by atoms with Gasteiger partial charge in [-0.2, -0.15) is 0 Å². The quantitative estimate of drug-likeness (QED) is 0.213. The zero-order chi connectivity index (χ0) is 25.7. The first-order valence-corrected chi connectivity index (χ1v) is 11.5. The van der Waals surface area contributed by atoms with Crippen LogP contribution in [0.4, 0.5) is 25.1 Å². The number of imidazole rings is 1. The largest absolute Gasteiger partial charge is 0.330 e. The smallest absolute Gasteiger partial charge is 0.260 e. The van der Waals surface area contributed by atoms with Gasteiger partial charge >= 0.3 is 0 Å². The zero-order valence-electron chi connectivity index (χ0n) is 19.5. The van der Waals surface area contributed by atoms with E-state index in [4.69, 9.17) is 11.5 Å². The normalized spacial score (nSPS) is 11.5. The van der Waals surface area contributed by atoms with Crippen molar-refractivity contribution in [2.24, 2.45) is 11.5 Å². The van der Waals surface area contributed by atoms with Crippen LogP contribution in [-0.4, -0.2) is 51.0 Å².